The van der Waals surface area contributed by atoms with Gasteiger partial charge in [0.2, 0.25) is 0 Å². The first-order valence-corrected chi connectivity index (χ1v) is 4.67. The van der Waals surface area contributed by atoms with Gasteiger partial charge in [0.15, 0.2) is 0 Å². The van der Waals surface area contributed by atoms with Crippen LogP contribution in [0, 0.1) is 0 Å². The molecule has 4 nitrogen and oxygen atoms in total. The molecule has 1 fully saturated rings. The van der Waals surface area contributed by atoms with Gasteiger partial charge in [-0.15, -0.1) is 0 Å². The van der Waals surface area contributed by atoms with E-state index in [0.717, 1.165) is 25.5 Å². The average molecular weight is 180 g/mol. The van der Waals surface area contributed by atoms with Crippen molar-refractivity contribution in [3.63, 3.8) is 0 Å². The number of likely N-dealkylation sites (N-methyl/N-ethyl adjacent to an activating group) is 1. The third kappa shape index (κ3) is 1.59. The summed E-state index contributed by atoms with van der Waals surface area (Å²) >= 11 is 0. The van der Waals surface area contributed by atoms with E-state index in [1.165, 1.54) is 0 Å². The predicted molar refractivity (Wildman–Crippen MR) is 51.4 cm³/mol. The monoisotopic (exact) mass is 180 g/mol. The van der Waals surface area contributed by atoms with Crippen LogP contribution in [0.15, 0.2) is 12.4 Å². The summed E-state index contributed by atoms with van der Waals surface area (Å²) in [7, 11) is 4.20. The Morgan fingerprint density at radius 2 is 2.38 bits per heavy atom. The van der Waals surface area contributed by atoms with Crippen LogP contribution in [0.1, 0.15) is 11.9 Å². The maximum Gasteiger partial charge on any atom is 0.127 e. The third-order valence-corrected chi connectivity index (χ3v) is 2.67. The number of hydrogen-bond donors (Lipinski definition) is 1. The van der Waals surface area contributed by atoms with Crippen LogP contribution in [-0.4, -0.2) is 41.1 Å². The van der Waals surface area contributed by atoms with Crippen molar-refractivity contribution in [2.75, 3.05) is 26.7 Å². The van der Waals surface area contributed by atoms with Crippen molar-refractivity contribution in [1.82, 2.24) is 19.8 Å². The second-order valence-electron chi connectivity index (χ2n) is 3.60. The zero-order valence-corrected chi connectivity index (χ0v) is 8.20. The van der Waals surface area contributed by atoms with E-state index in [9.17, 15) is 0 Å². The van der Waals surface area contributed by atoms with Crippen LogP contribution in [0.4, 0.5) is 0 Å². The van der Waals surface area contributed by atoms with Crippen molar-refractivity contribution in [2.45, 2.75) is 6.04 Å². The minimum absolute atomic E-state index is 0.425. The molecule has 1 aliphatic rings. The Hall–Kier alpha value is -0.870. The molecule has 4 heteroatoms. The second-order valence-corrected chi connectivity index (χ2v) is 3.60. The van der Waals surface area contributed by atoms with Gasteiger partial charge in [0.25, 0.3) is 0 Å². The summed E-state index contributed by atoms with van der Waals surface area (Å²) in [6.07, 6.45) is 3.86. The molecule has 0 radical (unpaired) electrons. The van der Waals surface area contributed by atoms with E-state index in [-0.39, 0.29) is 0 Å². The van der Waals surface area contributed by atoms with Crippen LogP contribution in [0.25, 0.3) is 0 Å². The first kappa shape index (κ1) is 8.72. The third-order valence-electron chi connectivity index (χ3n) is 2.67. The second kappa shape index (κ2) is 3.47. The van der Waals surface area contributed by atoms with Crippen molar-refractivity contribution < 1.29 is 0 Å². The zero-order valence-electron chi connectivity index (χ0n) is 8.20. The lowest BCUT2D eigenvalue weighted by molar-refractivity contribution is 0.191. The Morgan fingerprint density at radius 3 is 3.00 bits per heavy atom. The van der Waals surface area contributed by atoms with Gasteiger partial charge < -0.3 is 9.88 Å². The lowest BCUT2D eigenvalue weighted by atomic mass is 10.2. The Kier molecular flexibility index (Phi) is 2.33. The summed E-state index contributed by atoms with van der Waals surface area (Å²) in [5.74, 6) is 1.15. The molecule has 0 amide bonds. The predicted octanol–water partition coefficient (Wildman–Crippen LogP) is -0.00380. The molecule has 1 N–H and O–H groups in total. The molecule has 2 rings (SSSR count). The number of hydrogen-bond acceptors (Lipinski definition) is 3. The Balaban J connectivity index is 2.19. The number of aryl methyl sites for hydroxylation is 1. The van der Waals surface area contributed by atoms with E-state index < -0.39 is 0 Å². The molecule has 1 aliphatic heterocycles. The van der Waals surface area contributed by atoms with Gasteiger partial charge in [0.1, 0.15) is 5.82 Å². The van der Waals surface area contributed by atoms with Gasteiger partial charge in [-0.1, -0.05) is 0 Å². The fourth-order valence-electron chi connectivity index (χ4n) is 1.79. The molecular weight excluding hydrogens is 164 g/mol. The summed E-state index contributed by atoms with van der Waals surface area (Å²) in [6.45, 7) is 3.18. The molecule has 1 unspecified atom stereocenters. The summed E-state index contributed by atoms with van der Waals surface area (Å²) in [5.41, 5.74) is 0. The zero-order chi connectivity index (χ0) is 9.26. The van der Waals surface area contributed by atoms with E-state index in [1.807, 2.05) is 19.4 Å². The standard InChI is InChI=1S/C9H16N4/c1-12-5-3-10-7-8(12)9-11-4-6-13(9)2/h4,6,8,10H,3,5,7H2,1-2H3. The van der Waals surface area contributed by atoms with Crippen molar-refractivity contribution in [1.29, 1.82) is 0 Å². The van der Waals surface area contributed by atoms with Crippen molar-refractivity contribution in [2.24, 2.45) is 7.05 Å². The number of rotatable bonds is 1. The van der Waals surface area contributed by atoms with Gasteiger partial charge in [0.05, 0.1) is 6.04 Å². The van der Waals surface area contributed by atoms with Gasteiger partial charge in [-0.05, 0) is 7.05 Å². The molecule has 13 heavy (non-hydrogen) atoms. The Labute approximate surface area is 78.6 Å². The molecule has 1 saturated heterocycles. The van der Waals surface area contributed by atoms with Crippen LogP contribution in [0.3, 0.4) is 0 Å². The molecule has 0 aromatic carbocycles. The highest BCUT2D eigenvalue weighted by atomic mass is 15.2. The maximum absolute atomic E-state index is 4.37. The Bertz CT molecular complexity index is 281. The topological polar surface area (TPSA) is 33.1 Å². The van der Waals surface area contributed by atoms with Crippen LogP contribution < -0.4 is 5.32 Å². The highest BCUT2D eigenvalue weighted by Crippen LogP contribution is 2.17. The lowest BCUT2D eigenvalue weighted by Crippen LogP contribution is -2.44. The number of imidazole rings is 1. The van der Waals surface area contributed by atoms with E-state index in [4.69, 9.17) is 0 Å². The van der Waals surface area contributed by atoms with Crippen molar-refractivity contribution in [3.05, 3.63) is 18.2 Å². The first-order valence-electron chi connectivity index (χ1n) is 4.67. The highest BCUT2D eigenvalue weighted by molar-refractivity contribution is 5.01. The van der Waals surface area contributed by atoms with Gasteiger partial charge in [-0.2, -0.15) is 0 Å². The molecule has 0 saturated carbocycles. The van der Waals surface area contributed by atoms with Crippen molar-refractivity contribution >= 4 is 0 Å². The molecule has 0 bridgehead atoms. The largest absolute Gasteiger partial charge is 0.337 e. The highest BCUT2D eigenvalue weighted by Gasteiger charge is 2.23. The molecule has 0 spiro atoms. The fourth-order valence-corrected chi connectivity index (χ4v) is 1.79. The minimum atomic E-state index is 0.425. The van der Waals surface area contributed by atoms with E-state index >= 15 is 0 Å². The van der Waals surface area contributed by atoms with E-state index in [2.05, 4.69) is 26.8 Å². The summed E-state index contributed by atoms with van der Waals surface area (Å²) in [4.78, 5) is 6.72. The number of piperazine rings is 1. The molecule has 72 valence electrons. The quantitative estimate of drug-likeness (QED) is 0.660. The molecule has 2 heterocycles. The van der Waals surface area contributed by atoms with Crippen LogP contribution in [0.2, 0.25) is 0 Å². The van der Waals surface area contributed by atoms with Gasteiger partial charge in [0, 0.05) is 39.1 Å². The molecule has 1 aromatic heterocycles. The van der Waals surface area contributed by atoms with Crippen molar-refractivity contribution in [3.8, 4) is 0 Å². The first-order chi connectivity index (χ1) is 6.29. The van der Waals surface area contributed by atoms with Crippen LogP contribution in [-0.2, 0) is 7.05 Å². The number of aromatic nitrogens is 2. The minimum Gasteiger partial charge on any atom is -0.337 e. The van der Waals surface area contributed by atoms with E-state index in [0.29, 0.717) is 6.04 Å². The molecule has 1 atom stereocenters. The fraction of sp³-hybridized carbons (Fsp3) is 0.667. The normalized spacial score (nSPS) is 24.9. The number of nitrogens with zero attached hydrogens (tertiary/aromatic N) is 3. The van der Waals surface area contributed by atoms with Gasteiger partial charge >= 0.3 is 0 Å². The maximum atomic E-state index is 4.37. The van der Waals surface area contributed by atoms with Crippen LogP contribution in [0.5, 0.6) is 0 Å². The summed E-state index contributed by atoms with van der Waals surface area (Å²) in [5, 5.41) is 3.39. The van der Waals surface area contributed by atoms with Gasteiger partial charge in [-0.25, -0.2) is 4.98 Å². The van der Waals surface area contributed by atoms with Crippen LogP contribution >= 0.6 is 0 Å². The molecule has 0 aliphatic carbocycles. The lowest BCUT2D eigenvalue weighted by Gasteiger charge is -2.32. The number of nitrogens with one attached hydrogen (secondary N) is 1. The van der Waals surface area contributed by atoms with E-state index in [1.54, 1.807) is 0 Å². The summed E-state index contributed by atoms with van der Waals surface area (Å²) in [6, 6.07) is 0.425. The Morgan fingerprint density at radius 1 is 1.54 bits per heavy atom. The molecule has 1 aromatic rings. The summed E-state index contributed by atoms with van der Waals surface area (Å²) < 4.78 is 2.09. The molecular formula is C9H16N4. The van der Waals surface area contributed by atoms with Gasteiger partial charge in [-0.3, -0.25) is 4.90 Å². The average Bonchev–Trinajstić information content (AvgIpc) is 2.52. The smallest absolute Gasteiger partial charge is 0.127 e. The SMILES string of the molecule is CN1CCNCC1c1nccn1C.